The first kappa shape index (κ1) is 10.3. The summed E-state index contributed by atoms with van der Waals surface area (Å²) in [6.07, 6.45) is 1.66. The second-order valence-corrected chi connectivity index (χ2v) is 3.22. The van der Waals surface area contributed by atoms with Gasteiger partial charge < -0.3 is 19.2 Å². The first-order valence-electron chi connectivity index (χ1n) is 4.76. The molecule has 0 saturated heterocycles. The summed E-state index contributed by atoms with van der Waals surface area (Å²) in [5.41, 5.74) is 0.777. The number of carboxylic acids is 1. The zero-order valence-electron chi connectivity index (χ0n) is 8.71. The predicted octanol–water partition coefficient (Wildman–Crippen LogP) is 0.849. The van der Waals surface area contributed by atoms with Crippen molar-refractivity contribution >= 4 is 5.97 Å². The molecule has 0 aliphatic heterocycles. The topological polar surface area (TPSA) is 54.3 Å². The fourth-order valence-electron chi connectivity index (χ4n) is 1.59. The van der Waals surface area contributed by atoms with Crippen LogP contribution in [-0.2, 0) is 0 Å². The molecule has 0 aliphatic carbocycles. The van der Waals surface area contributed by atoms with Crippen LogP contribution in [0.5, 0.6) is 5.75 Å². The lowest BCUT2D eigenvalue weighted by Gasteiger charge is -2.13. The molecule has 0 saturated carbocycles. The fraction of sp³-hybridized carbons (Fsp3) is 0.0833. The summed E-state index contributed by atoms with van der Waals surface area (Å²) < 4.78 is 6.69. The Morgan fingerprint density at radius 2 is 2.00 bits per heavy atom. The van der Waals surface area contributed by atoms with Crippen molar-refractivity contribution in [3.8, 4) is 11.4 Å². The lowest BCUT2D eigenvalue weighted by atomic mass is 10.3. The van der Waals surface area contributed by atoms with Gasteiger partial charge in [0.05, 0.1) is 24.5 Å². The van der Waals surface area contributed by atoms with E-state index in [1.54, 1.807) is 31.5 Å². The summed E-state index contributed by atoms with van der Waals surface area (Å²) >= 11 is 0. The molecule has 0 unspecified atom stereocenters. The molecule has 0 N–H and O–H groups in total. The van der Waals surface area contributed by atoms with E-state index in [0.717, 1.165) is 0 Å². The first-order valence-corrected chi connectivity index (χ1v) is 4.76. The quantitative estimate of drug-likeness (QED) is 0.764. The predicted molar refractivity (Wildman–Crippen MR) is 56.7 cm³/mol. The number of carbonyl (C=O) groups is 1. The average Bonchev–Trinajstić information content (AvgIpc) is 2.77. The number of aromatic nitrogens is 1. The molecule has 1 heterocycles. The molecule has 0 amide bonds. The molecule has 16 heavy (non-hydrogen) atoms. The molecule has 2 rings (SSSR count). The van der Waals surface area contributed by atoms with Gasteiger partial charge in [-0.1, -0.05) is 12.1 Å². The zero-order valence-corrected chi connectivity index (χ0v) is 8.71. The summed E-state index contributed by atoms with van der Waals surface area (Å²) in [5, 5.41) is 10.9. The van der Waals surface area contributed by atoms with E-state index in [1.807, 2.05) is 12.1 Å². The van der Waals surface area contributed by atoms with Gasteiger partial charge in [-0.2, -0.15) is 0 Å². The van der Waals surface area contributed by atoms with E-state index in [0.29, 0.717) is 11.4 Å². The van der Waals surface area contributed by atoms with Crippen LogP contribution in [0.3, 0.4) is 0 Å². The molecule has 1 aromatic carbocycles. The van der Waals surface area contributed by atoms with Crippen LogP contribution in [0.25, 0.3) is 5.69 Å². The van der Waals surface area contributed by atoms with E-state index in [4.69, 9.17) is 4.74 Å². The molecule has 4 heteroatoms. The van der Waals surface area contributed by atoms with E-state index in [1.165, 1.54) is 10.6 Å². The van der Waals surface area contributed by atoms with Gasteiger partial charge in [-0.15, -0.1) is 0 Å². The minimum atomic E-state index is -1.21. The van der Waals surface area contributed by atoms with Crippen LogP contribution in [0.1, 0.15) is 10.5 Å². The van der Waals surface area contributed by atoms with Crippen LogP contribution in [-0.4, -0.2) is 17.6 Å². The largest absolute Gasteiger partial charge is 0.543 e. The molecule has 0 aliphatic rings. The maximum Gasteiger partial charge on any atom is 0.142 e. The second-order valence-electron chi connectivity index (χ2n) is 3.22. The molecule has 0 atom stereocenters. The smallest absolute Gasteiger partial charge is 0.142 e. The highest BCUT2D eigenvalue weighted by atomic mass is 16.5. The molecule has 0 radical (unpaired) electrons. The summed E-state index contributed by atoms with van der Waals surface area (Å²) in [4.78, 5) is 10.9. The summed E-state index contributed by atoms with van der Waals surface area (Å²) in [6.45, 7) is 0. The highest BCUT2D eigenvalue weighted by molar-refractivity contribution is 5.85. The first-order chi connectivity index (χ1) is 7.74. The van der Waals surface area contributed by atoms with Crippen molar-refractivity contribution in [2.75, 3.05) is 7.11 Å². The third-order valence-electron chi connectivity index (χ3n) is 2.30. The standard InChI is InChI=1S/C12H11NO3/c1-16-11-7-3-2-5-9(11)13-8-4-6-10(13)12(14)15/h2-8H,1H3,(H,14,15)/p-1. The van der Waals surface area contributed by atoms with Crippen LogP contribution in [0, 0.1) is 0 Å². The number of hydrogen-bond acceptors (Lipinski definition) is 3. The molecule has 82 valence electrons. The Labute approximate surface area is 92.7 Å². The summed E-state index contributed by atoms with van der Waals surface area (Å²) in [7, 11) is 1.54. The van der Waals surface area contributed by atoms with Gasteiger partial charge in [0.2, 0.25) is 0 Å². The van der Waals surface area contributed by atoms with E-state index in [-0.39, 0.29) is 5.69 Å². The van der Waals surface area contributed by atoms with Gasteiger partial charge >= 0.3 is 0 Å². The van der Waals surface area contributed by atoms with Crippen molar-refractivity contribution in [3.05, 3.63) is 48.3 Å². The zero-order chi connectivity index (χ0) is 11.5. The minimum absolute atomic E-state index is 0.101. The van der Waals surface area contributed by atoms with Crippen molar-refractivity contribution < 1.29 is 14.6 Å². The summed E-state index contributed by atoms with van der Waals surface area (Å²) in [5.74, 6) is -0.600. The Morgan fingerprint density at radius 3 is 2.69 bits per heavy atom. The van der Waals surface area contributed by atoms with Gasteiger partial charge in [-0.3, -0.25) is 0 Å². The van der Waals surface area contributed by atoms with Gasteiger partial charge in [-0.05, 0) is 24.3 Å². The normalized spacial score (nSPS) is 10.1. The molecule has 4 nitrogen and oxygen atoms in total. The Bertz CT molecular complexity index is 516. The average molecular weight is 216 g/mol. The van der Waals surface area contributed by atoms with Crippen LogP contribution in [0.15, 0.2) is 42.6 Å². The van der Waals surface area contributed by atoms with E-state index < -0.39 is 5.97 Å². The molecule has 0 fully saturated rings. The SMILES string of the molecule is COc1ccccc1-n1cccc1C(=O)[O-]. The molecule has 1 aromatic heterocycles. The number of para-hydroxylation sites is 2. The molecule has 0 bridgehead atoms. The third-order valence-corrected chi connectivity index (χ3v) is 2.30. The highest BCUT2D eigenvalue weighted by Crippen LogP contribution is 2.23. The van der Waals surface area contributed by atoms with Crippen molar-refractivity contribution in [3.63, 3.8) is 0 Å². The second kappa shape index (κ2) is 4.10. The number of methoxy groups -OCH3 is 1. The number of hydrogen-bond donors (Lipinski definition) is 0. The highest BCUT2D eigenvalue weighted by Gasteiger charge is 2.08. The van der Waals surface area contributed by atoms with Crippen LogP contribution in [0.2, 0.25) is 0 Å². The lowest BCUT2D eigenvalue weighted by Crippen LogP contribution is -2.25. The fourth-order valence-corrected chi connectivity index (χ4v) is 1.59. The number of aromatic carboxylic acids is 1. The number of rotatable bonds is 3. The van der Waals surface area contributed by atoms with Crippen LogP contribution >= 0.6 is 0 Å². The third kappa shape index (κ3) is 1.65. The van der Waals surface area contributed by atoms with Gasteiger partial charge in [0.1, 0.15) is 5.75 Å². The van der Waals surface area contributed by atoms with E-state index in [9.17, 15) is 9.90 Å². The van der Waals surface area contributed by atoms with Crippen molar-refractivity contribution in [2.24, 2.45) is 0 Å². The summed E-state index contributed by atoms with van der Waals surface area (Å²) in [6, 6.07) is 10.3. The molecular formula is C12H10NO3-. The molecular weight excluding hydrogens is 206 g/mol. The number of nitrogens with zero attached hydrogens (tertiary/aromatic N) is 1. The van der Waals surface area contributed by atoms with Crippen LogP contribution < -0.4 is 9.84 Å². The number of carboxylic acid groups (broad SMARTS) is 1. The van der Waals surface area contributed by atoms with Crippen LogP contribution in [0.4, 0.5) is 0 Å². The maximum absolute atomic E-state index is 10.9. The van der Waals surface area contributed by atoms with Crippen molar-refractivity contribution in [1.29, 1.82) is 0 Å². The molecule has 2 aromatic rings. The van der Waals surface area contributed by atoms with Gasteiger partial charge in [-0.25, -0.2) is 0 Å². The monoisotopic (exact) mass is 216 g/mol. The number of ether oxygens (including phenoxy) is 1. The Morgan fingerprint density at radius 1 is 1.25 bits per heavy atom. The molecule has 0 spiro atoms. The maximum atomic E-state index is 10.9. The van der Waals surface area contributed by atoms with E-state index in [2.05, 4.69) is 0 Å². The van der Waals surface area contributed by atoms with Crippen molar-refractivity contribution in [1.82, 2.24) is 4.57 Å². The minimum Gasteiger partial charge on any atom is -0.543 e. The number of carbonyl (C=O) groups excluding carboxylic acids is 1. The van der Waals surface area contributed by atoms with E-state index >= 15 is 0 Å². The van der Waals surface area contributed by atoms with Crippen molar-refractivity contribution in [2.45, 2.75) is 0 Å². The Kier molecular flexibility index (Phi) is 2.64. The number of benzene rings is 1. The van der Waals surface area contributed by atoms with Gasteiger partial charge in [0, 0.05) is 6.20 Å². The lowest BCUT2D eigenvalue weighted by molar-refractivity contribution is -0.255. The van der Waals surface area contributed by atoms with Gasteiger partial charge in [0.15, 0.2) is 0 Å². The Balaban J connectivity index is 2.58. The Hall–Kier alpha value is -2.23. The van der Waals surface area contributed by atoms with Gasteiger partial charge in [0.25, 0.3) is 0 Å².